The quantitative estimate of drug-likeness (QED) is 0.338. The van der Waals surface area contributed by atoms with Crippen LogP contribution in [0.5, 0.6) is 0 Å². The van der Waals surface area contributed by atoms with Gasteiger partial charge in [-0.25, -0.2) is 4.79 Å². The van der Waals surface area contributed by atoms with Crippen molar-refractivity contribution in [3.8, 4) is 0 Å². The molecule has 0 heterocycles. The van der Waals surface area contributed by atoms with Gasteiger partial charge in [0.25, 0.3) is 0 Å². The SMILES string of the molecule is CN=C(NCC1Cc2ccccc21)NCC(C)(C)NC(=O)OC(C)(C)C.I. The molecule has 0 radical (unpaired) electrons. The fourth-order valence-corrected chi connectivity index (χ4v) is 2.91. The number of amides is 1. The van der Waals surface area contributed by atoms with Gasteiger partial charge < -0.3 is 20.7 Å². The highest BCUT2D eigenvalue weighted by atomic mass is 127. The van der Waals surface area contributed by atoms with E-state index in [2.05, 4.69) is 45.2 Å². The number of guanidine groups is 1. The number of alkyl carbamates (subject to hydrolysis) is 1. The van der Waals surface area contributed by atoms with Crippen LogP contribution >= 0.6 is 24.0 Å². The number of fused-ring (bicyclic) bond motifs is 1. The maximum absolute atomic E-state index is 12.0. The second-order valence-corrected chi connectivity index (χ2v) is 8.42. The molecule has 0 spiro atoms. The molecule has 7 heteroatoms. The maximum Gasteiger partial charge on any atom is 0.408 e. The average Bonchev–Trinajstić information content (AvgIpc) is 2.48. The summed E-state index contributed by atoms with van der Waals surface area (Å²) in [5, 5.41) is 9.53. The predicted molar refractivity (Wildman–Crippen MR) is 121 cm³/mol. The zero-order valence-electron chi connectivity index (χ0n) is 17.2. The summed E-state index contributed by atoms with van der Waals surface area (Å²) in [7, 11) is 1.75. The first-order valence-electron chi connectivity index (χ1n) is 9.13. The second kappa shape index (κ2) is 9.61. The van der Waals surface area contributed by atoms with E-state index >= 15 is 0 Å². The van der Waals surface area contributed by atoms with E-state index in [0.717, 1.165) is 18.9 Å². The molecule has 152 valence electrons. The van der Waals surface area contributed by atoms with Crippen molar-refractivity contribution in [2.75, 3.05) is 20.1 Å². The molecule has 1 aliphatic carbocycles. The van der Waals surface area contributed by atoms with Gasteiger partial charge >= 0.3 is 6.09 Å². The summed E-state index contributed by atoms with van der Waals surface area (Å²) < 4.78 is 5.32. The van der Waals surface area contributed by atoms with Crippen molar-refractivity contribution in [3.05, 3.63) is 35.4 Å². The van der Waals surface area contributed by atoms with Crippen LogP contribution in [0.15, 0.2) is 29.3 Å². The first-order chi connectivity index (χ1) is 12.1. The number of aliphatic imine (C=N–C) groups is 1. The van der Waals surface area contributed by atoms with E-state index < -0.39 is 17.2 Å². The Morgan fingerprint density at radius 2 is 1.85 bits per heavy atom. The van der Waals surface area contributed by atoms with Gasteiger partial charge in [-0.2, -0.15) is 0 Å². The molecule has 6 nitrogen and oxygen atoms in total. The number of hydrogen-bond donors (Lipinski definition) is 3. The normalized spacial score (nSPS) is 16.4. The van der Waals surface area contributed by atoms with Crippen LogP contribution < -0.4 is 16.0 Å². The van der Waals surface area contributed by atoms with Crippen molar-refractivity contribution < 1.29 is 9.53 Å². The standard InChI is InChI=1S/C20H32N4O2.HI/c1-19(2,3)26-18(25)24-20(4,5)13-23-17(21-6)22-12-15-11-14-9-7-8-10-16(14)15;/h7-10,15H,11-13H2,1-6H3,(H,24,25)(H2,21,22,23);1H. The molecule has 1 atom stereocenters. The highest BCUT2D eigenvalue weighted by molar-refractivity contribution is 14.0. The van der Waals surface area contributed by atoms with Crippen LogP contribution in [0.1, 0.15) is 51.7 Å². The number of rotatable bonds is 5. The van der Waals surface area contributed by atoms with E-state index in [1.807, 2.05) is 34.6 Å². The van der Waals surface area contributed by atoms with Crippen LogP contribution in [-0.2, 0) is 11.2 Å². The van der Waals surface area contributed by atoms with Crippen molar-refractivity contribution in [2.24, 2.45) is 4.99 Å². The summed E-state index contributed by atoms with van der Waals surface area (Å²) in [5.74, 6) is 1.26. The average molecular weight is 488 g/mol. The Balaban J connectivity index is 0.00000364. The number of ether oxygens (including phenoxy) is 1. The lowest BCUT2D eigenvalue weighted by Crippen LogP contribution is -2.54. The predicted octanol–water partition coefficient (Wildman–Crippen LogP) is 3.41. The molecule has 1 aliphatic rings. The molecule has 2 rings (SSSR count). The molecule has 0 bridgehead atoms. The van der Waals surface area contributed by atoms with Crippen molar-refractivity contribution in [2.45, 2.75) is 58.1 Å². The van der Waals surface area contributed by atoms with E-state index in [1.165, 1.54) is 11.1 Å². The van der Waals surface area contributed by atoms with E-state index in [4.69, 9.17) is 4.74 Å². The molecule has 3 N–H and O–H groups in total. The molecule has 0 aromatic heterocycles. The molecule has 0 saturated heterocycles. The molecule has 1 amide bonds. The van der Waals surface area contributed by atoms with Gasteiger partial charge in [0.2, 0.25) is 0 Å². The lowest BCUT2D eigenvalue weighted by atomic mass is 9.78. The van der Waals surface area contributed by atoms with Crippen LogP contribution in [0.3, 0.4) is 0 Å². The Labute approximate surface area is 179 Å². The number of nitrogens with zero attached hydrogens (tertiary/aromatic N) is 1. The number of carbonyl (C=O) groups is 1. The van der Waals surface area contributed by atoms with Gasteiger partial charge in [0, 0.05) is 26.1 Å². The Kier molecular flexibility index (Phi) is 8.38. The topological polar surface area (TPSA) is 74.8 Å². The number of carbonyl (C=O) groups excluding carboxylic acids is 1. The molecule has 1 aromatic rings. The molecular weight excluding hydrogens is 455 g/mol. The van der Waals surface area contributed by atoms with E-state index in [0.29, 0.717) is 12.5 Å². The van der Waals surface area contributed by atoms with Crippen LogP contribution in [0.25, 0.3) is 0 Å². The minimum absolute atomic E-state index is 0. The molecule has 0 aliphatic heterocycles. The zero-order chi connectivity index (χ0) is 19.4. The minimum atomic E-state index is -0.510. The van der Waals surface area contributed by atoms with Gasteiger partial charge in [0.05, 0.1) is 5.54 Å². The van der Waals surface area contributed by atoms with Crippen molar-refractivity contribution in [1.29, 1.82) is 0 Å². The third-order valence-corrected chi connectivity index (χ3v) is 4.24. The molecule has 1 unspecified atom stereocenters. The number of benzene rings is 1. The zero-order valence-corrected chi connectivity index (χ0v) is 19.5. The summed E-state index contributed by atoms with van der Waals surface area (Å²) in [4.78, 5) is 16.2. The van der Waals surface area contributed by atoms with E-state index in [-0.39, 0.29) is 24.0 Å². The van der Waals surface area contributed by atoms with Gasteiger partial charge in [-0.3, -0.25) is 4.99 Å². The monoisotopic (exact) mass is 488 g/mol. The van der Waals surface area contributed by atoms with Crippen molar-refractivity contribution >= 4 is 36.0 Å². The molecular formula is C20H33IN4O2. The Morgan fingerprint density at radius 3 is 2.44 bits per heavy atom. The Morgan fingerprint density at radius 1 is 1.19 bits per heavy atom. The van der Waals surface area contributed by atoms with Crippen LogP contribution in [-0.4, -0.2) is 43.3 Å². The molecule has 27 heavy (non-hydrogen) atoms. The summed E-state index contributed by atoms with van der Waals surface area (Å²) >= 11 is 0. The first-order valence-corrected chi connectivity index (χ1v) is 9.13. The number of nitrogens with one attached hydrogen (secondary N) is 3. The molecule has 0 fully saturated rings. The summed E-state index contributed by atoms with van der Waals surface area (Å²) in [6, 6.07) is 8.55. The third kappa shape index (κ3) is 7.56. The third-order valence-electron chi connectivity index (χ3n) is 4.24. The Bertz CT molecular complexity index is 668. The Hall–Kier alpha value is -1.51. The maximum atomic E-state index is 12.0. The number of hydrogen-bond acceptors (Lipinski definition) is 3. The number of halogens is 1. The fourth-order valence-electron chi connectivity index (χ4n) is 2.91. The summed E-state index contributed by atoms with van der Waals surface area (Å²) in [6.45, 7) is 10.8. The van der Waals surface area contributed by atoms with Crippen molar-refractivity contribution in [3.63, 3.8) is 0 Å². The van der Waals surface area contributed by atoms with Gasteiger partial charge in [-0.05, 0) is 52.2 Å². The molecule has 1 aromatic carbocycles. The van der Waals surface area contributed by atoms with Crippen LogP contribution in [0.2, 0.25) is 0 Å². The lowest BCUT2D eigenvalue weighted by Gasteiger charge is -2.32. The highest BCUT2D eigenvalue weighted by Gasteiger charge is 2.26. The highest BCUT2D eigenvalue weighted by Crippen LogP contribution is 2.33. The lowest BCUT2D eigenvalue weighted by molar-refractivity contribution is 0.0474. The fraction of sp³-hybridized carbons (Fsp3) is 0.600. The first kappa shape index (κ1) is 23.5. The van der Waals surface area contributed by atoms with Crippen LogP contribution in [0, 0.1) is 0 Å². The van der Waals surface area contributed by atoms with Crippen molar-refractivity contribution in [1.82, 2.24) is 16.0 Å². The summed E-state index contributed by atoms with van der Waals surface area (Å²) in [6.07, 6.45) is 0.685. The van der Waals surface area contributed by atoms with Gasteiger partial charge in [-0.15, -0.1) is 24.0 Å². The minimum Gasteiger partial charge on any atom is -0.444 e. The smallest absolute Gasteiger partial charge is 0.408 e. The second-order valence-electron chi connectivity index (χ2n) is 8.42. The van der Waals surface area contributed by atoms with E-state index in [9.17, 15) is 4.79 Å². The van der Waals surface area contributed by atoms with E-state index in [1.54, 1.807) is 7.05 Å². The van der Waals surface area contributed by atoms with Gasteiger partial charge in [0.1, 0.15) is 5.60 Å². The molecule has 0 saturated carbocycles. The largest absolute Gasteiger partial charge is 0.444 e. The van der Waals surface area contributed by atoms with Crippen LogP contribution in [0.4, 0.5) is 4.79 Å². The van der Waals surface area contributed by atoms with Gasteiger partial charge in [0.15, 0.2) is 5.96 Å². The van der Waals surface area contributed by atoms with Gasteiger partial charge in [-0.1, -0.05) is 24.3 Å². The summed E-state index contributed by atoms with van der Waals surface area (Å²) in [5.41, 5.74) is 1.88.